The third-order valence-corrected chi connectivity index (χ3v) is 6.24. The van der Waals surface area contributed by atoms with E-state index in [1.165, 1.54) is 6.07 Å². The van der Waals surface area contributed by atoms with Gasteiger partial charge in [0, 0.05) is 39.7 Å². The first-order valence-electron chi connectivity index (χ1n) is 11.7. The van der Waals surface area contributed by atoms with Gasteiger partial charge in [-0.15, -0.1) is 0 Å². The number of hydrogen-bond donors (Lipinski definition) is 2. The summed E-state index contributed by atoms with van der Waals surface area (Å²) in [7, 11) is 0. The molecule has 1 aliphatic rings. The molecular weight excluding hydrogens is 446 g/mol. The predicted molar refractivity (Wildman–Crippen MR) is 146 cm³/mol. The number of para-hydroxylation sites is 2. The van der Waals surface area contributed by atoms with Gasteiger partial charge in [-0.3, -0.25) is 0 Å². The summed E-state index contributed by atoms with van der Waals surface area (Å²) in [5, 5.41) is 15.2. The molecule has 0 atom stereocenters. The fourth-order valence-electron chi connectivity index (χ4n) is 4.55. The number of phenolic OH excluding ortho intramolecular Hbond substituents is 1. The summed E-state index contributed by atoms with van der Waals surface area (Å²) in [5.74, 6) is 6.65. The van der Waals surface area contributed by atoms with Crippen LogP contribution >= 0.6 is 0 Å². The SMILES string of the molecule is O=c1oc2cc(C3=C(c4ccccc4Nc4ccccc4)C#CCC=C3)ccc2c2ccc(O)cc12. The van der Waals surface area contributed by atoms with E-state index < -0.39 is 5.63 Å². The van der Waals surface area contributed by atoms with E-state index in [2.05, 4.69) is 29.3 Å². The van der Waals surface area contributed by atoms with Crippen LogP contribution < -0.4 is 10.9 Å². The van der Waals surface area contributed by atoms with E-state index in [-0.39, 0.29) is 5.75 Å². The molecule has 0 fully saturated rings. The van der Waals surface area contributed by atoms with E-state index in [1.807, 2.05) is 72.8 Å². The first-order chi connectivity index (χ1) is 17.7. The lowest BCUT2D eigenvalue weighted by atomic mass is 9.93. The maximum absolute atomic E-state index is 12.7. The van der Waals surface area contributed by atoms with Crippen molar-refractivity contribution in [1.82, 2.24) is 0 Å². The highest BCUT2D eigenvalue weighted by atomic mass is 16.4. The van der Waals surface area contributed by atoms with Crippen molar-refractivity contribution < 1.29 is 9.52 Å². The molecule has 0 bridgehead atoms. The highest BCUT2D eigenvalue weighted by molar-refractivity contribution is 6.09. The minimum Gasteiger partial charge on any atom is -0.508 e. The van der Waals surface area contributed by atoms with Crippen LogP contribution in [-0.2, 0) is 0 Å². The molecule has 4 aromatic carbocycles. The first-order valence-corrected chi connectivity index (χ1v) is 11.7. The molecule has 4 nitrogen and oxygen atoms in total. The fourth-order valence-corrected chi connectivity index (χ4v) is 4.55. The minimum absolute atomic E-state index is 0.0329. The van der Waals surface area contributed by atoms with E-state index in [4.69, 9.17) is 4.42 Å². The maximum atomic E-state index is 12.7. The molecule has 0 radical (unpaired) electrons. The standard InChI is InChI=1S/C32H21NO3/c34-23-16-18-26-28-17-15-21(19-31(28)36-32(35)29(26)20-23)24-11-5-2-6-12-25(24)27-13-7-8-14-30(27)33-22-9-3-1-4-10-22/h1,3-5,7-11,13-20,33-34H,2H2. The highest BCUT2D eigenvalue weighted by Gasteiger charge is 2.15. The van der Waals surface area contributed by atoms with Crippen molar-refractivity contribution >= 4 is 44.3 Å². The second kappa shape index (κ2) is 8.98. The van der Waals surface area contributed by atoms with Crippen LogP contribution in [0.25, 0.3) is 32.9 Å². The van der Waals surface area contributed by atoms with Gasteiger partial charge in [-0.2, -0.15) is 0 Å². The van der Waals surface area contributed by atoms with Gasteiger partial charge in [0.05, 0.1) is 5.39 Å². The highest BCUT2D eigenvalue weighted by Crippen LogP contribution is 2.35. The molecule has 5 aromatic rings. The second-order valence-electron chi connectivity index (χ2n) is 8.56. The molecule has 2 N–H and O–H groups in total. The average Bonchev–Trinajstić information content (AvgIpc) is 3.16. The number of nitrogens with one attached hydrogen (secondary N) is 1. The molecule has 4 heteroatoms. The van der Waals surface area contributed by atoms with Crippen LogP contribution in [0.4, 0.5) is 11.4 Å². The molecule has 0 unspecified atom stereocenters. The molecule has 0 aliphatic heterocycles. The molecule has 1 heterocycles. The van der Waals surface area contributed by atoms with Crippen LogP contribution in [-0.4, -0.2) is 5.11 Å². The van der Waals surface area contributed by atoms with Gasteiger partial charge < -0.3 is 14.8 Å². The Labute approximate surface area is 207 Å². The zero-order valence-electron chi connectivity index (χ0n) is 19.3. The van der Waals surface area contributed by atoms with E-state index in [9.17, 15) is 9.90 Å². The molecule has 6 rings (SSSR count). The Morgan fingerprint density at radius 1 is 0.833 bits per heavy atom. The number of phenols is 1. The fraction of sp³-hybridized carbons (Fsp3) is 0.0312. The topological polar surface area (TPSA) is 62.5 Å². The average molecular weight is 468 g/mol. The second-order valence-corrected chi connectivity index (χ2v) is 8.56. The summed E-state index contributed by atoms with van der Waals surface area (Å²) in [5.41, 5.74) is 5.71. The summed E-state index contributed by atoms with van der Waals surface area (Å²) < 4.78 is 5.67. The lowest BCUT2D eigenvalue weighted by molar-refractivity contribution is 0.475. The van der Waals surface area contributed by atoms with Gasteiger partial charge in [0.2, 0.25) is 0 Å². The quantitative estimate of drug-likeness (QED) is 0.166. The van der Waals surface area contributed by atoms with Crippen molar-refractivity contribution in [3.05, 3.63) is 125 Å². The molecular formula is C32H21NO3. The van der Waals surface area contributed by atoms with Crippen LogP contribution in [0.3, 0.4) is 0 Å². The normalized spacial score (nSPS) is 12.9. The van der Waals surface area contributed by atoms with Crippen LogP contribution in [0.2, 0.25) is 0 Å². The van der Waals surface area contributed by atoms with Crippen LogP contribution in [0.5, 0.6) is 5.75 Å². The van der Waals surface area contributed by atoms with Crippen LogP contribution in [0, 0.1) is 11.8 Å². The van der Waals surface area contributed by atoms with Gasteiger partial charge >= 0.3 is 5.63 Å². The Bertz CT molecular complexity index is 1820. The van der Waals surface area contributed by atoms with E-state index in [0.717, 1.165) is 44.4 Å². The zero-order chi connectivity index (χ0) is 24.5. The van der Waals surface area contributed by atoms with Gasteiger partial charge in [-0.1, -0.05) is 66.5 Å². The lowest BCUT2D eigenvalue weighted by Crippen LogP contribution is -2.00. The molecule has 0 amide bonds. The van der Waals surface area contributed by atoms with Crippen molar-refractivity contribution in [3.63, 3.8) is 0 Å². The van der Waals surface area contributed by atoms with Crippen molar-refractivity contribution in [3.8, 4) is 17.6 Å². The van der Waals surface area contributed by atoms with Gasteiger partial charge in [0.25, 0.3) is 0 Å². The number of aromatic hydroxyl groups is 1. The molecule has 172 valence electrons. The van der Waals surface area contributed by atoms with E-state index in [0.29, 0.717) is 17.4 Å². The maximum Gasteiger partial charge on any atom is 0.344 e. The first kappa shape index (κ1) is 21.5. The number of anilines is 2. The number of fused-ring (bicyclic) bond motifs is 3. The van der Waals surface area contributed by atoms with Gasteiger partial charge in [0.15, 0.2) is 0 Å². The van der Waals surface area contributed by atoms with Gasteiger partial charge in [-0.05, 0) is 59.7 Å². The summed E-state index contributed by atoms with van der Waals surface area (Å²) in [6.07, 6.45) is 4.77. The zero-order valence-corrected chi connectivity index (χ0v) is 19.3. The molecule has 1 aromatic heterocycles. The molecule has 0 spiro atoms. The summed E-state index contributed by atoms with van der Waals surface area (Å²) in [4.78, 5) is 12.7. The van der Waals surface area contributed by atoms with Crippen LogP contribution in [0.15, 0.2) is 112 Å². The summed E-state index contributed by atoms with van der Waals surface area (Å²) in [6, 6.07) is 28.8. The van der Waals surface area contributed by atoms with Gasteiger partial charge in [-0.25, -0.2) is 4.79 Å². The smallest absolute Gasteiger partial charge is 0.344 e. The Balaban J connectivity index is 1.54. The van der Waals surface area contributed by atoms with E-state index >= 15 is 0 Å². The molecule has 0 saturated heterocycles. The Hall–Kier alpha value is -5.01. The van der Waals surface area contributed by atoms with Crippen molar-refractivity contribution in [2.45, 2.75) is 6.42 Å². The predicted octanol–water partition coefficient (Wildman–Crippen LogP) is 7.27. The number of allylic oxidation sites excluding steroid dienone is 4. The molecule has 36 heavy (non-hydrogen) atoms. The van der Waals surface area contributed by atoms with Crippen molar-refractivity contribution in [2.24, 2.45) is 0 Å². The Kier molecular flexibility index (Phi) is 5.37. The monoisotopic (exact) mass is 467 g/mol. The van der Waals surface area contributed by atoms with Crippen molar-refractivity contribution in [2.75, 3.05) is 5.32 Å². The number of rotatable bonds is 4. The third-order valence-electron chi connectivity index (χ3n) is 6.24. The van der Waals surface area contributed by atoms with E-state index in [1.54, 1.807) is 12.1 Å². The Morgan fingerprint density at radius 2 is 1.64 bits per heavy atom. The Morgan fingerprint density at radius 3 is 2.53 bits per heavy atom. The van der Waals surface area contributed by atoms with Crippen molar-refractivity contribution in [1.29, 1.82) is 0 Å². The summed E-state index contributed by atoms with van der Waals surface area (Å²) in [6.45, 7) is 0. The minimum atomic E-state index is -0.478. The lowest BCUT2D eigenvalue weighted by Gasteiger charge is -2.15. The summed E-state index contributed by atoms with van der Waals surface area (Å²) >= 11 is 0. The van der Waals surface area contributed by atoms with Crippen LogP contribution in [0.1, 0.15) is 17.5 Å². The largest absolute Gasteiger partial charge is 0.508 e. The molecule has 1 aliphatic carbocycles. The molecule has 0 saturated carbocycles. The third kappa shape index (κ3) is 3.93. The number of hydrogen-bond acceptors (Lipinski definition) is 4. The van der Waals surface area contributed by atoms with Gasteiger partial charge in [0.1, 0.15) is 11.3 Å². The number of benzene rings is 4.